The first-order valence-electron chi connectivity index (χ1n) is 7.05. The molecule has 0 aromatic heterocycles. The van der Waals surface area contributed by atoms with Crippen LogP contribution in [0.1, 0.15) is 59.3 Å². The summed E-state index contributed by atoms with van der Waals surface area (Å²) in [5.74, 6) is 0.975. The van der Waals surface area contributed by atoms with Crippen LogP contribution in [0.2, 0.25) is 0 Å². The molecule has 0 spiro atoms. The average Bonchev–Trinajstić information content (AvgIpc) is 2.30. The summed E-state index contributed by atoms with van der Waals surface area (Å²) in [6.07, 6.45) is 7.81. The molecule has 0 amide bonds. The molecule has 1 aliphatic rings. The molecule has 1 rings (SSSR count). The molecule has 16 heavy (non-hydrogen) atoms. The van der Waals surface area contributed by atoms with Crippen molar-refractivity contribution >= 4 is 0 Å². The minimum absolute atomic E-state index is 0.327. The summed E-state index contributed by atoms with van der Waals surface area (Å²) in [4.78, 5) is 2.60. The van der Waals surface area contributed by atoms with Crippen LogP contribution in [0.5, 0.6) is 0 Å². The lowest BCUT2D eigenvalue weighted by Crippen LogP contribution is -2.43. The van der Waals surface area contributed by atoms with Crippen molar-refractivity contribution < 1.29 is 5.11 Å². The monoisotopic (exact) mass is 227 g/mol. The maximum atomic E-state index is 8.95. The van der Waals surface area contributed by atoms with Gasteiger partial charge < -0.3 is 5.11 Å². The molecule has 0 aliphatic heterocycles. The number of hydrogen-bond donors (Lipinski definition) is 1. The van der Waals surface area contributed by atoms with E-state index >= 15 is 0 Å². The van der Waals surface area contributed by atoms with E-state index in [0.717, 1.165) is 24.9 Å². The van der Waals surface area contributed by atoms with Gasteiger partial charge >= 0.3 is 0 Å². The Morgan fingerprint density at radius 3 is 2.25 bits per heavy atom. The first-order valence-corrected chi connectivity index (χ1v) is 7.05. The van der Waals surface area contributed by atoms with E-state index in [-0.39, 0.29) is 0 Å². The third kappa shape index (κ3) is 4.06. The molecule has 0 unspecified atom stereocenters. The molecule has 0 bridgehead atoms. The summed E-state index contributed by atoms with van der Waals surface area (Å²) >= 11 is 0. The summed E-state index contributed by atoms with van der Waals surface area (Å²) < 4.78 is 0. The van der Waals surface area contributed by atoms with Crippen molar-refractivity contribution in [3.05, 3.63) is 0 Å². The molecule has 2 nitrogen and oxygen atoms in total. The number of aliphatic hydroxyl groups excluding tert-OH is 1. The summed E-state index contributed by atoms with van der Waals surface area (Å²) in [5, 5.41) is 8.95. The maximum absolute atomic E-state index is 8.95. The standard InChI is InChI=1S/C14H29NO/c1-4-13-6-8-14(9-7-13)15(12(2)3)10-5-11-16/h12-14,16H,4-11H2,1-3H3. The molecular formula is C14H29NO. The smallest absolute Gasteiger partial charge is 0.0443 e. The van der Waals surface area contributed by atoms with Gasteiger partial charge in [0.25, 0.3) is 0 Å². The molecule has 0 aromatic rings. The minimum atomic E-state index is 0.327. The van der Waals surface area contributed by atoms with Gasteiger partial charge in [-0.15, -0.1) is 0 Å². The zero-order valence-electron chi connectivity index (χ0n) is 11.3. The van der Waals surface area contributed by atoms with E-state index < -0.39 is 0 Å². The molecule has 1 aliphatic carbocycles. The van der Waals surface area contributed by atoms with E-state index in [0.29, 0.717) is 12.6 Å². The van der Waals surface area contributed by atoms with Gasteiger partial charge in [-0.3, -0.25) is 4.90 Å². The lowest BCUT2D eigenvalue weighted by atomic mass is 9.83. The van der Waals surface area contributed by atoms with Gasteiger partial charge in [0.2, 0.25) is 0 Å². The normalized spacial score (nSPS) is 26.6. The molecule has 1 saturated carbocycles. The van der Waals surface area contributed by atoms with E-state index in [4.69, 9.17) is 5.11 Å². The Bertz CT molecular complexity index is 174. The van der Waals surface area contributed by atoms with Crippen molar-refractivity contribution in [3.63, 3.8) is 0 Å². The first kappa shape index (κ1) is 14.0. The quantitative estimate of drug-likeness (QED) is 0.754. The molecular weight excluding hydrogens is 198 g/mol. The van der Waals surface area contributed by atoms with Crippen LogP contribution in [0.3, 0.4) is 0 Å². The summed E-state index contributed by atoms with van der Waals surface area (Å²) in [6.45, 7) is 8.27. The van der Waals surface area contributed by atoms with Crippen molar-refractivity contribution in [3.8, 4) is 0 Å². The Morgan fingerprint density at radius 2 is 1.81 bits per heavy atom. The second-order valence-electron chi connectivity index (χ2n) is 5.49. The van der Waals surface area contributed by atoms with Crippen LogP contribution in [0.15, 0.2) is 0 Å². The molecule has 0 saturated heterocycles. The van der Waals surface area contributed by atoms with Crippen molar-refractivity contribution in [2.75, 3.05) is 13.2 Å². The van der Waals surface area contributed by atoms with Crippen molar-refractivity contribution in [1.29, 1.82) is 0 Å². The van der Waals surface area contributed by atoms with Gasteiger partial charge in [0.1, 0.15) is 0 Å². The fourth-order valence-electron chi connectivity index (χ4n) is 3.00. The van der Waals surface area contributed by atoms with Gasteiger partial charge in [-0.1, -0.05) is 13.3 Å². The van der Waals surface area contributed by atoms with Crippen molar-refractivity contribution in [1.82, 2.24) is 4.90 Å². The number of nitrogens with zero attached hydrogens (tertiary/aromatic N) is 1. The fraction of sp³-hybridized carbons (Fsp3) is 1.00. The average molecular weight is 227 g/mol. The number of hydrogen-bond acceptors (Lipinski definition) is 2. The first-order chi connectivity index (χ1) is 7.69. The Labute approximate surface area is 101 Å². The molecule has 1 N–H and O–H groups in total. The lowest BCUT2D eigenvalue weighted by molar-refractivity contribution is 0.0959. The predicted octanol–water partition coefficient (Wildman–Crippen LogP) is 3.05. The van der Waals surface area contributed by atoms with E-state index in [2.05, 4.69) is 25.7 Å². The third-order valence-corrected chi connectivity index (χ3v) is 4.10. The van der Waals surface area contributed by atoms with Crippen LogP contribution >= 0.6 is 0 Å². The highest BCUT2D eigenvalue weighted by atomic mass is 16.3. The van der Waals surface area contributed by atoms with E-state index in [9.17, 15) is 0 Å². The zero-order chi connectivity index (χ0) is 12.0. The van der Waals surface area contributed by atoms with Crippen LogP contribution in [-0.2, 0) is 0 Å². The van der Waals surface area contributed by atoms with Gasteiger partial charge in [-0.05, 0) is 51.9 Å². The summed E-state index contributed by atoms with van der Waals surface area (Å²) in [6, 6.07) is 1.39. The maximum Gasteiger partial charge on any atom is 0.0443 e. The van der Waals surface area contributed by atoms with Crippen LogP contribution in [0.4, 0.5) is 0 Å². The molecule has 0 radical (unpaired) electrons. The summed E-state index contributed by atoms with van der Waals surface area (Å²) in [5.41, 5.74) is 0. The Hall–Kier alpha value is -0.0800. The van der Waals surface area contributed by atoms with Crippen LogP contribution in [-0.4, -0.2) is 35.2 Å². The van der Waals surface area contributed by atoms with Gasteiger partial charge in [-0.25, -0.2) is 0 Å². The van der Waals surface area contributed by atoms with E-state index in [1.54, 1.807) is 0 Å². The van der Waals surface area contributed by atoms with Crippen LogP contribution in [0.25, 0.3) is 0 Å². The van der Waals surface area contributed by atoms with E-state index in [1.807, 2.05) is 0 Å². The van der Waals surface area contributed by atoms with Gasteiger partial charge in [0.15, 0.2) is 0 Å². The minimum Gasteiger partial charge on any atom is -0.396 e. The number of rotatable bonds is 6. The molecule has 1 fully saturated rings. The lowest BCUT2D eigenvalue weighted by Gasteiger charge is -2.39. The van der Waals surface area contributed by atoms with Crippen LogP contribution in [0, 0.1) is 5.92 Å². The van der Waals surface area contributed by atoms with Crippen LogP contribution < -0.4 is 0 Å². The highest BCUT2D eigenvalue weighted by Gasteiger charge is 2.26. The summed E-state index contributed by atoms with van der Waals surface area (Å²) in [7, 11) is 0. The third-order valence-electron chi connectivity index (χ3n) is 4.10. The SMILES string of the molecule is CCC1CCC(N(CCCO)C(C)C)CC1. The zero-order valence-corrected chi connectivity index (χ0v) is 11.3. The van der Waals surface area contributed by atoms with Crippen molar-refractivity contribution in [2.24, 2.45) is 5.92 Å². The molecule has 0 aromatic carbocycles. The molecule has 0 heterocycles. The highest BCUT2D eigenvalue weighted by Crippen LogP contribution is 2.30. The predicted molar refractivity (Wildman–Crippen MR) is 69.6 cm³/mol. The molecule has 2 heteroatoms. The molecule has 0 atom stereocenters. The van der Waals surface area contributed by atoms with Crippen molar-refractivity contribution in [2.45, 2.75) is 71.4 Å². The highest BCUT2D eigenvalue weighted by molar-refractivity contribution is 4.81. The Balaban J connectivity index is 2.40. The Morgan fingerprint density at radius 1 is 1.19 bits per heavy atom. The Kier molecular flexibility index (Phi) is 6.37. The van der Waals surface area contributed by atoms with E-state index in [1.165, 1.54) is 32.1 Å². The fourth-order valence-corrected chi connectivity index (χ4v) is 3.00. The second-order valence-corrected chi connectivity index (χ2v) is 5.49. The van der Waals surface area contributed by atoms with Gasteiger partial charge in [-0.2, -0.15) is 0 Å². The molecule has 96 valence electrons. The number of aliphatic hydroxyl groups is 1. The largest absolute Gasteiger partial charge is 0.396 e. The van der Waals surface area contributed by atoms with Gasteiger partial charge in [0, 0.05) is 25.2 Å². The topological polar surface area (TPSA) is 23.5 Å². The second kappa shape index (κ2) is 7.29. The van der Waals surface area contributed by atoms with Gasteiger partial charge in [0.05, 0.1) is 0 Å².